The van der Waals surface area contributed by atoms with E-state index in [0.717, 1.165) is 5.56 Å². The minimum atomic E-state index is -4.12. The minimum Gasteiger partial charge on any atom is -0.497 e. The maximum atomic E-state index is 13.6. The van der Waals surface area contributed by atoms with Crippen molar-refractivity contribution >= 4 is 27.6 Å². The van der Waals surface area contributed by atoms with Crippen molar-refractivity contribution in [2.45, 2.75) is 31.2 Å². The second kappa shape index (κ2) is 11.5. The third-order valence-corrected chi connectivity index (χ3v) is 6.95. The molecule has 3 aromatic rings. The predicted octanol–water partition coefficient (Wildman–Crippen LogP) is 4.15. The standard InChI is InChI=1S/C26H29N3O5S.2H2/c1-4-29(21-14-16-22(34-3)17-15-21)25(30)23(18-20-11-6-5-7-12-20)27-26(31)28-35(32,33)24-13-9-8-10-19(24)2;;/h5-17,23H,4,18H2,1-3H3,(H2,27,28,31);2*1H/t23-;;/m0../s1. The van der Waals surface area contributed by atoms with Gasteiger partial charge >= 0.3 is 6.03 Å². The van der Waals surface area contributed by atoms with E-state index in [1.165, 1.54) is 11.0 Å². The van der Waals surface area contributed by atoms with E-state index >= 15 is 0 Å². The Bertz CT molecular complexity index is 1270. The monoisotopic (exact) mass is 499 g/mol. The molecule has 1 atom stereocenters. The molecule has 0 aliphatic carbocycles. The molecule has 9 heteroatoms. The molecular formula is C26H33N3O5S. The van der Waals surface area contributed by atoms with Gasteiger partial charge in [0.1, 0.15) is 11.8 Å². The van der Waals surface area contributed by atoms with Gasteiger partial charge < -0.3 is 15.0 Å². The number of aryl methyl sites for hydroxylation is 1. The fourth-order valence-corrected chi connectivity index (χ4v) is 4.85. The summed E-state index contributed by atoms with van der Waals surface area (Å²) in [6, 6.07) is 20.6. The number of sulfonamides is 1. The van der Waals surface area contributed by atoms with Gasteiger partial charge in [0, 0.05) is 21.5 Å². The van der Waals surface area contributed by atoms with Crippen LogP contribution in [0.2, 0.25) is 0 Å². The van der Waals surface area contributed by atoms with Gasteiger partial charge in [-0.3, -0.25) is 4.79 Å². The number of carbonyl (C=O) groups excluding carboxylic acids is 2. The van der Waals surface area contributed by atoms with Crippen LogP contribution < -0.4 is 19.7 Å². The second-order valence-electron chi connectivity index (χ2n) is 7.87. The van der Waals surface area contributed by atoms with Crippen molar-refractivity contribution in [2.24, 2.45) is 0 Å². The molecule has 0 fully saturated rings. The first kappa shape index (κ1) is 25.8. The SMILES string of the molecule is CCN(C(=O)[C@H](Cc1ccccc1)NC(=O)NS(=O)(=O)c1ccccc1C)c1ccc(OC)cc1.[HH].[HH]. The summed E-state index contributed by atoms with van der Waals surface area (Å²) in [5.41, 5.74) is 1.95. The summed E-state index contributed by atoms with van der Waals surface area (Å²) in [6.07, 6.45) is 0.185. The van der Waals surface area contributed by atoms with Gasteiger partial charge in [-0.2, -0.15) is 0 Å². The lowest BCUT2D eigenvalue weighted by molar-refractivity contribution is -0.120. The molecule has 0 aromatic heterocycles. The second-order valence-corrected chi connectivity index (χ2v) is 9.52. The van der Waals surface area contributed by atoms with Crippen LogP contribution in [0.15, 0.2) is 83.8 Å². The summed E-state index contributed by atoms with van der Waals surface area (Å²) in [5.74, 6) is 0.280. The first-order valence-corrected chi connectivity index (χ1v) is 12.6. The number of carbonyl (C=O) groups is 2. The molecule has 0 aliphatic rings. The van der Waals surface area contributed by atoms with Crippen LogP contribution in [0.4, 0.5) is 10.5 Å². The zero-order valence-corrected chi connectivity index (χ0v) is 20.7. The molecule has 8 nitrogen and oxygen atoms in total. The number of urea groups is 1. The maximum Gasteiger partial charge on any atom is 0.329 e. The van der Waals surface area contributed by atoms with E-state index in [1.807, 2.05) is 42.0 Å². The fourth-order valence-electron chi connectivity index (χ4n) is 3.69. The van der Waals surface area contributed by atoms with Crippen molar-refractivity contribution in [3.8, 4) is 5.75 Å². The molecule has 0 bridgehead atoms. The summed E-state index contributed by atoms with van der Waals surface area (Å²) in [5, 5.41) is 2.57. The summed E-state index contributed by atoms with van der Waals surface area (Å²) < 4.78 is 32.8. The number of rotatable bonds is 9. The van der Waals surface area contributed by atoms with Crippen LogP contribution in [0.5, 0.6) is 5.75 Å². The zero-order valence-electron chi connectivity index (χ0n) is 19.9. The Morgan fingerprint density at radius 1 is 0.971 bits per heavy atom. The molecule has 0 saturated heterocycles. The van der Waals surface area contributed by atoms with E-state index in [1.54, 1.807) is 56.5 Å². The van der Waals surface area contributed by atoms with Crippen LogP contribution in [0, 0.1) is 6.92 Å². The Labute approximate surface area is 208 Å². The minimum absolute atomic E-state index is 0. The average molecular weight is 500 g/mol. The summed E-state index contributed by atoms with van der Waals surface area (Å²) in [4.78, 5) is 27.9. The molecule has 0 unspecified atom stereocenters. The largest absolute Gasteiger partial charge is 0.497 e. The van der Waals surface area contributed by atoms with Gasteiger partial charge in [0.2, 0.25) is 5.91 Å². The van der Waals surface area contributed by atoms with Gasteiger partial charge in [-0.1, -0.05) is 48.5 Å². The molecule has 3 rings (SSSR count). The number of methoxy groups -OCH3 is 1. The Hall–Kier alpha value is -3.85. The average Bonchev–Trinajstić information content (AvgIpc) is 2.85. The predicted molar refractivity (Wildman–Crippen MR) is 139 cm³/mol. The smallest absolute Gasteiger partial charge is 0.329 e. The highest BCUT2D eigenvalue weighted by atomic mass is 32.2. The third kappa shape index (κ3) is 6.60. The van der Waals surface area contributed by atoms with Gasteiger partial charge in [-0.05, 0) is 55.3 Å². The van der Waals surface area contributed by atoms with Crippen molar-refractivity contribution < 1.29 is 25.6 Å². The molecule has 35 heavy (non-hydrogen) atoms. The Morgan fingerprint density at radius 3 is 2.20 bits per heavy atom. The normalized spacial score (nSPS) is 11.9. The zero-order chi connectivity index (χ0) is 25.4. The van der Waals surface area contributed by atoms with Crippen molar-refractivity contribution in [1.29, 1.82) is 0 Å². The van der Waals surface area contributed by atoms with E-state index < -0.39 is 22.1 Å². The van der Waals surface area contributed by atoms with Crippen LogP contribution in [0.1, 0.15) is 20.9 Å². The number of hydrogen-bond donors (Lipinski definition) is 2. The summed E-state index contributed by atoms with van der Waals surface area (Å²) >= 11 is 0. The van der Waals surface area contributed by atoms with E-state index in [2.05, 4.69) is 5.32 Å². The highest BCUT2D eigenvalue weighted by Crippen LogP contribution is 2.21. The Kier molecular flexibility index (Phi) is 8.48. The van der Waals surface area contributed by atoms with Crippen molar-refractivity contribution in [1.82, 2.24) is 10.0 Å². The first-order valence-electron chi connectivity index (χ1n) is 11.1. The highest BCUT2D eigenvalue weighted by Gasteiger charge is 2.28. The van der Waals surface area contributed by atoms with Crippen LogP contribution in [-0.4, -0.2) is 40.1 Å². The van der Waals surface area contributed by atoms with E-state index in [-0.39, 0.29) is 20.1 Å². The third-order valence-electron chi connectivity index (χ3n) is 5.46. The summed E-state index contributed by atoms with van der Waals surface area (Å²) in [6.45, 7) is 3.81. The lowest BCUT2D eigenvalue weighted by atomic mass is 10.0. The number of benzene rings is 3. The van der Waals surface area contributed by atoms with Gasteiger partial charge in [-0.25, -0.2) is 17.9 Å². The number of nitrogens with one attached hydrogen (secondary N) is 2. The van der Waals surface area contributed by atoms with E-state index in [0.29, 0.717) is 23.5 Å². The molecule has 0 spiro atoms. The van der Waals surface area contributed by atoms with Crippen molar-refractivity contribution in [3.63, 3.8) is 0 Å². The van der Waals surface area contributed by atoms with Crippen molar-refractivity contribution in [3.05, 3.63) is 90.0 Å². The first-order chi connectivity index (χ1) is 16.7. The Balaban J connectivity index is 0.00000342. The molecule has 0 heterocycles. The van der Waals surface area contributed by atoms with E-state index in [9.17, 15) is 18.0 Å². The number of likely N-dealkylation sites (N-methyl/N-ethyl adjacent to an activating group) is 1. The lowest BCUT2D eigenvalue weighted by Crippen LogP contribution is -2.53. The molecular weight excluding hydrogens is 466 g/mol. The van der Waals surface area contributed by atoms with Gasteiger partial charge in [0.15, 0.2) is 0 Å². The highest BCUT2D eigenvalue weighted by molar-refractivity contribution is 7.90. The number of ether oxygens (including phenoxy) is 1. The molecule has 0 radical (unpaired) electrons. The van der Waals surface area contributed by atoms with Crippen molar-refractivity contribution in [2.75, 3.05) is 18.6 Å². The topological polar surface area (TPSA) is 105 Å². The Morgan fingerprint density at radius 2 is 1.60 bits per heavy atom. The molecule has 2 N–H and O–H groups in total. The lowest BCUT2D eigenvalue weighted by Gasteiger charge is -2.27. The van der Waals surface area contributed by atoms with E-state index in [4.69, 9.17) is 4.74 Å². The summed E-state index contributed by atoms with van der Waals surface area (Å²) in [7, 11) is -2.56. The van der Waals surface area contributed by atoms with Gasteiger partial charge in [0.25, 0.3) is 10.0 Å². The van der Waals surface area contributed by atoms with Crippen LogP contribution in [0.25, 0.3) is 0 Å². The fraction of sp³-hybridized carbons (Fsp3) is 0.231. The quantitative estimate of drug-likeness (QED) is 0.460. The molecule has 3 aromatic carbocycles. The molecule has 0 saturated carbocycles. The van der Waals surface area contributed by atoms with Crippen LogP contribution in [-0.2, 0) is 21.2 Å². The number of anilines is 1. The number of nitrogens with zero attached hydrogens (tertiary/aromatic N) is 1. The number of amides is 3. The van der Waals surface area contributed by atoms with Gasteiger partial charge in [-0.15, -0.1) is 0 Å². The van der Waals surface area contributed by atoms with Crippen LogP contribution >= 0.6 is 0 Å². The molecule has 188 valence electrons. The molecule has 0 aliphatic heterocycles. The maximum absolute atomic E-state index is 13.6. The number of hydrogen-bond acceptors (Lipinski definition) is 5. The molecule has 3 amide bonds. The van der Waals surface area contributed by atoms with Crippen LogP contribution in [0.3, 0.4) is 0 Å². The van der Waals surface area contributed by atoms with Gasteiger partial charge in [0.05, 0.1) is 12.0 Å².